The first kappa shape index (κ1) is 16.4. The van der Waals surface area contributed by atoms with E-state index in [1.807, 2.05) is 0 Å². The quantitative estimate of drug-likeness (QED) is 0.865. The van der Waals surface area contributed by atoms with Gasteiger partial charge in [-0.05, 0) is 18.1 Å². The van der Waals surface area contributed by atoms with Gasteiger partial charge in [0, 0.05) is 37.8 Å². The van der Waals surface area contributed by atoms with Crippen LogP contribution in [0, 0.1) is 0 Å². The van der Waals surface area contributed by atoms with Crippen molar-refractivity contribution in [1.82, 2.24) is 19.9 Å². The van der Waals surface area contributed by atoms with Gasteiger partial charge in [-0.15, -0.1) is 0 Å². The molecule has 24 heavy (non-hydrogen) atoms. The van der Waals surface area contributed by atoms with Crippen LogP contribution in [-0.2, 0) is 25.6 Å². The van der Waals surface area contributed by atoms with E-state index in [1.54, 1.807) is 0 Å². The lowest BCUT2D eigenvalue weighted by Gasteiger charge is -2.19. The van der Waals surface area contributed by atoms with Gasteiger partial charge in [-0.25, -0.2) is 4.98 Å². The van der Waals surface area contributed by atoms with Crippen molar-refractivity contribution >= 4 is 11.8 Å². The Labute approximate surface area is 136 Å². The molecule has 3 heterocycles. The SMILES string of the molecule is Nc1nc(N)c2c(n1)CCN(Cc1ccc(C(F)(F)F)nc1)CC2. The van der Waals surface area contributed by atoms with Crippen molar-refractivity contribution in [2.24, 2.45) is 0 Å². The molecule has 0 spiro atoms. The van der Waals surface area contributed by atoms with Gasteiger partial charge in [-0.3, -0.25) is 9.88 Å². The van der Waals surface area contributed by atoms with E-state index in [0.717, 1.165) is 22.9 Å². The van der Waals surface area contributed by atoms with Gasteiger partial charge in [-0.2, -0.15) is 18.2 Å². The van der Waals surface area contributed by atoms with Crippen LogP contribution < -0.4 is 11.5 Å². The number of halogens is 3. The summed E-state index contributed by atoms with van der Waals surface area (Å²) in [5, 5.41) is 0. The largest absolute Gasteiger partial charge is 0.433 e. The van der Waals surface area contributed by atoms with E-state index in [-0.39, 0.29) is 5.95 Å². The minimum atomic E-state index is -4.42. The Morgan fingerprint density at radius 3 is 2.50 bits per heavy atom. The number of aromatic nitrogens is 3. The Bertz CT molecular complexity index is 729. The summed E-state index contributed by atoms with van der Waals surface area (Å²) >= 11 is 0. The molecule has 2 aromatic heterocycles. The number of hydrogen-bond donors (Lipinski definition) is 2. The first-order valence-electron chi connectivity index (χ1n) is 7.48. The lowest BCUT2D eigenvalue weighted by Crippen LogP contribution is -2.26. The Hall–Kier alpha value is -2.42. The number of nitrogen functional groups attached to an aromatic ring is 2. The summed E-state index contributed by atoms with van der Waals surface area (Å²) in [4.78, 5) is 13.8. The minimum absolute atomic E-state index is 0.159. The second-order valence-corrected chi connectivity index (χ2v) is 5.72. The van der Waals surface area contributed by atoms with Crippen molar-refractivity contribution in [2.45, 2.75) is 25.6 Å². The summed E-state index contributed by atoms with van der Waals surface area (Å²) in [7, 11) is 0. The van der Waals surface area contributed by atoms with Gasteiger partial charge in [0.2, 0.25) is 5.95 Å². The zero-order valence-electron chi connectivity index (χ0n) is 12.8. The third kappa shape index (κ3) is 3.56. The summed E-state index contributed by atoms with van der Waals surface area (Å²) in [5.74, 6) is 0.558. The molecule has 0 bridgehead atoms. The zero-order chi connectivity index (χ0) is 17.3. The summed E-state index contributed by atoms with van der Waals surface area (Å²) in [6, 6.07) is 2.46. The standard InChI is InChI=1S/C15H17F3N6/c16-15(17,18)12-2-1-9(7-21-12)8-24-5-3-10-11(4-6-24)22-14(20)23-13(10)19/h1-2,7H,3-6,8H2,(H4,19,20,22,23). The lowest BCUT2D eigenvalue weighted by molar-refractivity contribution is -0.141. The normalized spacial score (nSPS) is 15.8. The highest BCUT2D eigenvalue weighted by Crippen LogP contribution is 2.27. The topological polar surface area (TPSA) is 93.9 Å². The Balaban J connectivity index is 1.69. The number of hydrogen-bond acceptors (Lipinski definition) is 6. The highest BCUT2D eigenvalue weighted by atomic mass is 19.4. The van der Waals surface area contributed by atoms with Crippen LogP contribution in [0.3, 0.4) is 0 Å². The molecule has 0 radical (unpaired) electrons. The van der Waals surface area contributed by atoms with Crippen molar-refractivity contribution in [1.29, 1.82) is 0 Å². The molecular weight excluding hydrogens is 321 g/mol. The molecule has 2 aromatic rings. The number of rotatable bonds is 2. The van der Waals surface area contributed by atoms with E-state index in [0.29, 0.717) is 38.3 Å². The van der Waals surface area contributed by atoms with E-state index in [2.05, 4.69) is 19.9 Å². The first-order chi connectivity index (χ1) is 11.3. The second-order valence-electron chi connectivity index (χ2n) is 5.72. The predicted octanol–water partition coefficient (Wildman–Crippen LogP) is 1.66. The number of nitrogens with two attached hydrogens (primary N) is 2. The number of alkyl halides is 3. The molecule has 0 amide bonds. The van der Waals surface area contributed by atoms with Crippen LogP contribution in [0.4, 0.5) is 24.9 Å². The second kappa shape index (κ2) is 6.23. The van der Waals surface area contributed by atoms with Crippen LogP contribution in [0.1, 0.15) is 22.5 Å². The van der Waals surface area contributed by atoms with Crippen molar-refractivity contribution in [3.63, 3.8) is 0 Å². The Morgan fingerprint density at radius 1 is 1.08 bits per heavy atom. The first-order valence-corrected chi connectivity index (χ1v) is 7.48. The van der Waals surface area contributed by atoms with Gasteiger partial charge in [0.1, 0.15) is 11.5 Å². The summed E-state index contributed by atoms with van der Waals surface area (Å²) in [6.45, 7) is 1.94. The van der Waals surface area contributed by atoms with Crippen LogP contribution in [0.2, 0.25) is 0 Å². The number of fused-ring (bicyclic) bond motifs is 1. The summed E-state index contributed by atoms with van der Waals surface area (Å²) < 4.78 is 37.6. The fourth-order valence-corrected chi connectivity index (χ4v) is 2.80. The maximum atomic E-state index is 12.5. The highest BCUT2D eigenvalue weighted by Gasteiger charge is 2.32. The average Bonchev–Trinajstić information content (AvgIpc) is 2.70. The predicted molar refractivity (Wildman–Crippen MR) is 82.8 cm³/mol. The monoisotopic (exact) mass is 338 g/mol. The fourth-order valence-electron chi connectivity index (χ4n) is 2.80. The zero-order valence-corrected chi connectivity index (χ0v) is 12.8. The van der Waals surface area contributed by atoms with E-state index in [9.17, 15) is 13.2 Å². The maximum absolute atomic E-state index is 12.5. The molecular formula is C15H17F3N6. The van der Waals surface area contributed by atoms with Crippen LogP contribution in [0.5, 0.6) is 0 Å². The molecule has 6 nitrogen and oxygen atoms in total. The van der Waals surface area contributed by atoms with Gasteiger partial charge >= 0.3 is 6.18 Å². The average molecular weight is 338 g/mol. The smallest absolute Gasteiger partial charge is 0.383 e. The number of anilines is 2. The van der Waals surface area contributed by atoms with E-state index in [1.165, 1.54) is 12.3 Å². The number of nitrogens with zero attached hydrogens (tertiary/aromatic N) is 4. The van der Waals surface area contributed by atoms with Gasteiger partial charge in [0.15, 0.2) is 0 Å². The molecule has 0 aliphatic carbocycles. The van der Waals surface area contributed by atoms with Crippen molar-refractivity contribution < 1.29 is 13.2 Å². The molecule has 9 heteroatoms. The van der Waals surface area contributed by atoms with Crippen LogP contribution in [0.15, 0.2) is 18.3 Å². The Morgan fingerprint density at radius 2 is 1.83 bits per heavy atom. The molecule has 3 rings (SSSR count). The fraction of sp³-hybridized carbons (Fsp3) is 0.400. The summed E-state index contributed by atoms with van der Waals surface area (Å²) in [5.41, 5.74) is 13.1. The lowest BCUT2D eigenvalue weighted by atomic mass is 10.1. The summed E-state index contributed by atoms with van der Waals surface area (Å²) in [6.07, 6.45) is -1.80. The van der Waals surface area contributed by atoms with E-state index in [4.69, 9.17) is 11.5 Å². The molecule has 0 saturated heterocycles. The number of pyridine rings is 1. The van der Waals surface area contributed by atoms with Crippen LogP contribution in [-0.4, -0.2) is 32.9 Å². The molecule has 0 aromatic carbocycles. The van der Waals surface area contributed by atoms with Crippen LogP contribution in [0.25, 0.3) is 0 Å². The van der Waals surface area contributed by atoms with Gasteiger partial charge < -0.3 is 11.5 Å². The van der Waals surface area contributed by atoms with Gasteiger partial charge in [0.05, 0.1) is 5.69 Å². The molecule has 4 N–H and O–H groups in total. The Kier molecular flexibility index (Phi) is 4.27. The third-order valence-electron chi connectivity index (χ3n) is 4.01. The van der Waals surface area contributed by atoms with Gasteiger partial charge in [0.25, 0.3) is 0 Å². The molecule has 0 saturated carbocycles. The van der Waals surface area contributed by atoms with Crippen molar-refractivity contribution in [3.05, 3.63) is 40.8 Å². The maximum Gasteiger partial charge on any atom is 0.433 e. The van der Waals surface area contributed by atoms with Crippen molar-refractivity contribution in [3.8, 4) is 0 Å². The van der Waals surface area contributed by atoms with E-state index < -0.39 is 11.9 Å². The highest BCUT2D eigenvalue weighted by molar-refractivity contribution is 5.46. The molecule has 0 atom stereocenters. The molecule has 1 aliphatic heterocycles. The molecule has 128 valence electrons. The van der Waals surface area contributed by atoms with Gasteiger partial charge in [-0.1, -0.05) is 6.07 Å². The minimum Gasteiger partial charge on any atom is -0.383 e. The van der Waals surface area contributed by atoms with Crippen LogP contribution >= 0.6 is 0 Å². The van der Waals surface area contributed by atoms with Crippen molar-refractivity contribution in [2.75, 3.05) is 24.6 Å². The third-order valence-corrected chi connectivity index (χ3v) is 4.01. The molecule has 1 aliphatic rings. The molecule has 0 unspecified atom stereocenters. The van der Waals surface area contributed by atoms with E-state index >= 15 is 0 Å². The molecule has 0 fully saturated rings.